The van der Waals surface area contributed by atoms with Gasteiger partial charge in [0.2, 0.25) is 0 Å². The van der Waals surface area contributed by atoms with E-state index < -0.39 is 0 Å². The van der Waals surface area contributed by atoms with Crippen LogP contribution >= 0.6 is 0 Å². The molecule has 0 bridgehead atoms. The predicted octanol–water partition coefficient (Wildman–Crippen LogP) is 3.67. The molecule has 0 aliphatic heterocycles. The summed E-state index contributed by atoms with van der Waals surface area (Å²) < 4.78 is 13.7. The van der Waals surface area contributed by atoms with E-state index in [0.717, 1.165) is 5.56 Å². The number of rotatable bonds is 3. The lowest BCUT2D eigenvalue weighted by molar-refractivity contribution is 0.0963. The Hall–Kier alpha value is -1.18. The van der Waals surface area contributed by atoms with Gasteiger partial charge in [-0.1, -0.05) is 19.9 Å². The lowest BCUT2D eigenvalue weighted by Crippen LogP contribution is -2.07. The molecule has 1 aromatic carbocycles. The number of carbonyl (C=O) groups is 1. The van der Waals surface area contributed by atoms with E-state index in [1.165, 1.54) is 0 Å². The Bertz CT molecular complexity index is 380. The van der Waals surface area contributed by atoms with Crippen molar-refractivity contribution in [2.45, 2.75) is 34.1 Å². The van der Waals surface area contributed by atoms with E-state index in [0.29, 0.717) is 12.0 Å². The fourth-order valence-electron chi connectivity index (χ4n) is 1.63. The molecule has 0 radical (unpaired) electrons. The van der Waals surface area contributed by atoms with Gasteiger partial charge in [0.15, 0.2) is 5.78 Å². The first kappa shape index (κ1) is 11.9. The van der Waals surface area contributed by atoms with Gasteiger partial charge in [0.1, 0.15) is 5.82 Å². The van der Waals surface area contributed by atoms with E-state index in [2.05, 4.69) is 0 Å². The number of aryl methyl sites for hydroxylation is 2. The summed E-state index contributed by atoms with van der Waals surface area (Å²) in [6, 6.07) is 3.38. The monoisotopic (exact) mass is 208 g/mol. The van der Waals surface area contributed by atoms with Gasteiger partial charge in [0.25, 0.3) is 0 Å². The molecule has 1 aromatic rings. The lowest BCUT2D eigenvalue weighted by Gasteiger charge is -2.08. The summed E-state index contributed by atoms with van der Waals surface area (Å²) in [6.45, 7) is 7.48. The van der Waals surface area contributed by atoms with Crippen LogP contribution in [0, 0.1) is 25.6 Å². The van der Waals surface area contributed by atoms with Gasteiger partial charge in [-0.2, -0.15) is 0 Å². The normalized spacial score (nSPS) is 10.8. The third-order valence-electron chi connectivity index (χ3n) is 2.29. The minimum Gasteiger partial charge on any atom is -0.294 e. The highest BCUT2D eigenvalue weighted by molar-refractivity contribution is 5.96. The topological polar surface area (TPSA) is 17.1 Å². The minimum atomic E-state index is -0.369. The second-order valence-electron chi connectivity index (χ2n) is 4.46. The molecule has 15 heavy (non-hydrogen) atoms. The van der Waals surface area contributed by atoms with Crippen LogP contribution in [-0.4, -0.2) is 5.78 Å². The summed E-state index contributed by atoms with van der Waals surface area (Å²) in [6.07, 6.45) is 0.403. The Balaban J connectivity index is 3.08. The first-order valence-electron chi connectivity index (χ1n) is 5.21. The largest absolute Gasteiger partial charge is 0.294 e. The van der Waals surface area contributed by atoms with Gasteiger partial charge in [0.05, 0.1) is 5.56 Å². The van der Waals surface area contributed by atoms with Crippen molar-refractivity contribution in [3.8, 4) is 0 Å². The van der Waals surface area contributed by atoms with Gasteiger partial charge >= 0.3 is 0 Å². The molecule has 2 heteroatoms. The minimum absolute atomic E-state index is 0.102. The van der Waals surface area contributed by atoms with E-state index in [1.54, 1.807) is 19.1 Å². The van der Waals surface area contributed by atoms with Crippen molar-refractivity contribution in [2.24, 2.45) is 5.92 Å². The van der Waals surface area contributed by atoms with Crippen molar-refractivity contribution in [2.75, 3.05) is 0 Å². The maximum Gasteiger partial charge on any atom is 0.166 e. The summed E-state index contributed by atoms with van der Waals surface area (Å²) in [7, 11) is 0. The molecule has 0 saturated heterocycles. The number of carbonyl (C=O) groups excluding carboxylic acids is 1. The average molecular weight is 208 g/mol. The van der Waals surface area contributed by atoms with E-state index in [1.807, 2.05) is 20.8 Å². The van der Waals surface area contributed by atoms with Gasteiger partial charge in [-0.05, 0) is 37.0 Å². The zero-order valence-electron chi connectivity index (χ0n) is 9.73. The first-order chi connectivity index (χ1) is 6.91. The smallest absolute Gasteiger partial charge is 0.166 e. The summed E-state index contributed by atoms with van der Waals surface area (Å²) in [5.74, 6) is -0.210. The quantitative estimate of drug-likeness (QED) is 0.693. The zero-order chi connectivity index (χ0) is 11.6. The number of halogens is 1. The van der Waals surface area contributed by atoms with Crippen LogP contribution in [0.4, 0.5) is 4.39 Å². The fraction of sp³-hybridized carbons (Fsp3) is 0.462. The van der Waals surface area contributed by atoms with Crippen LogP contribution in [0.25, 0.3) is 0 Å². The SMILES string of the molecule is Cc1cc(C)c(F)c(C(=O)CC(C)C)c1. The lowest BCUT2D eigenvalue weighted by atomic mass is 9.97. The molecule has 0 heterocycles. The molecule has 0 aliphatic rings. The Morgan fingerprint density at radius 3 is 2.47 bits per heavy atom. The molecule has 0 aromatic heterocycles. The molecule has 0 aliphatic carbocycles. The van der Waals surface area contributed by atoms with Crippen LogP contribution in [0.15, 0.2) is 12.1 Å². The summed E-state index contributed by atoms with van der Waals surface area (Å²) in [5, 5.41) is 0. The standard InChI is InChI=1S/C13H17FO/c1-8(2)5-12(15)11-7-9(3)6-10(4)13(11)14/h6-8H,5H2,1-4H3. The Morgan fingerprint density at radius 2 is 1.93 bits per heavy atom. The maximum atomic E-state index is 13.7. The fourth-order valence-corrected chi connectivity index (χ4v) is 1.63. The van der Waals surface area contributed by atoms with Crippen molar-refractivity contribution >= 4 is 5.78 Å². The second kappa shape index (κ2) is 4.56. The van der Waals surface area contributed by atoms with Gasteiger partial charge in [0, 0.05) is 6.42 Å². The van der Waals surface area contributed by atoms with E-state index in [9.17, 15) is 9.18 Å². The van der Waals surface area contributed by atoms with Gasteiger partial charge in [-0.15, -0.1) is 0 Å². The third-order valence-corrected chi connectivity index (χ3v) is 2.29. The molecule has 0 amide bonds. The number of benzene rings is 1. The molecule has 0 atom stereocenters. The van der Waals surface area contributed by atoms with E-state index in [-0.39, 0.29) is 23.1 Å². The second-order valence-corrected chi connectivity index (χ2v) is 4.46. The third kappa shape index (κ3) is 2.88. The number of hydrogen-bond donors (Lipinski definition) is 0. The molecule has 82 valence electrons. The summed E-state index contributed by atoms with van der Waals surface area (Å²) in [4.78, 5) is 11.7. The van der Waals surface area contributed by atoms with Crippen molar-refractivity contribution in [1.29, 1.82) is 0 Å². The summed E-state index contributed by atoms with van der Waals surface area (Å²) >= 11 is 0. The van der Waals surface area contributed by atoms with Crippen LogP contribution in [0.1, 0.15) is 41.8 Å². The van der Waals surface area contributed by atoms with Crippen molar-refractivity contribution in [3.05, 3.63) is 34.6 Å². The Morgan fingerprint density at radius 1 is 1.33 bits per heavy atom. The number of ketones is 1. The van der Waals surface area contributed by atoms with Gasteiger partial charge in [-0.25, -0.2) is 4.39 Å². The van der Waals surface area contributed by atoms with Crippen LogP contribution in [-0.2, 0) is 0 Å². The zero-order valence-corrected chi connectivity index (χ0v) is 9.73. The molecule has 0 unspecified atom stereocenters. The molecule has 0 spiro atoms. The Labute approximate surface area is 90.3 Å². The van der Waals surface area contributed by atoms with Crippen LogP contribution in [0.5, 0.6) is 0 Å². The molecule has 0 saturated carbocycles. The molecule has 0 N–H and O–H groups in total. The van der Waals surface area contributed by atoms with Crippen molar-refractivity contribution < 1.29 is 9.18 Å². The van der Waals surface area contributed by atoms with Crippen molar-refractivity contribution in [3.63, 3.8) is 0 Å². The predicted molar refractivity (Wildman–Crippen MR) is 59.7 cm³/mol. The van der Waals surface area contributed by atoms with E-state index >= 15 is 0 Å². The molecular weight excluding hydrogens is 191 g/mol. The summed E-state index contributed by atoms with van der Waals surface area (Å²) in [5.41, 5.74) is 1.71. The highest BCUT2D eigenvalue weighted by atomic mass is 19.1. The van der Waals surface area contributed by atoms with Crippen molar-refractivity contribution in [1.82, 2.24) is 0 Å². The number of Topliss-reactive ketones (excluding diaryl/α,β-unsaturated/α-hetero) is 1. The molecule has 0 fully saturated rings. The molecule has 1 nitrogen and oxygen atoms in total. The van der Waals surface area contributed by atoms with E-state index in [4.69, 9.17) is 0 Å². The molecule has 1 rings (SSSR count). The highest BCUT2D eigenvalue weighted by Crippen LogP contribution is 2.18. The average Bonchev–Trinajstić information content (AvgIpc) is 2.09. The highest BCUT2D eigenvalue weighted by Gasteiger charge is 2.15. The van der Waals surface area contributed by atoms with Gasteiger partial charge < -0.3 is 0 Å². The maximum absolute atomic E-state index is 13.7. The van der Waals surface area contributed by atoms with Crippen LogP contribution in [0.2, 0.25) is 0 Å². The molecular formula is C13H17FO. The van der Waals surface area contributed by atoms with Gasteiger partial charge in [-0.3, -0.25) is 4.79 Å². The number of hydrogen-bond acceptors (Lipinski definition) is 1. The Kier molecular flexibility index (Phi) is 3.61. The van der Waals surface area contributed by atoms with Crippen LogP contribution in [0.3, 0.4) is 0 Å². The first-order valence-corrected chi connectivity index (χ1v) is 5.21. The van der Waals surface area contributed by atoms with Crippen LogP contribution < -0.4 is 0 Å².